The first-order valence-electron chi connectivity index (χ1n) is 6.69. The standard InChI is InChI=1S/C18H12BrOS2/c19-13-11-16(21-14-7-3-1-4-8-14)18(20)17(12-13)22-15-9-5-2-6-10-15/h1-12H. The predicted molar refractivity (Wildman–Crippen MR) is 95.4 cm³/mol. The van der Waals surface area contributed by atoms with E-state index in [1.54, 1.807) is 0 Å². The molecule has 0 unspecified atom stereocenters. The predicted octanol–water partition coefficient (Wildman–Crippen LogP) is 6.90. The van der Waals surface area contributed by atoms with Crippen molar-refractivity contribution in [1.82, 2.24) is 0 Å². The average Bonchev–Trinajstić information content (AvgIpc) is 2.54. The number of benzene rings is 3. The van der Waals surface area contributed by atoms with Crippen molar-refractivity contribution < 1.29 is 5.11 Å². The van der Waals surface area contributed by atoms with Gasteiger partial charge in [-0.25, -0.2) is 0 Å². The summed E-state index contributed by atoms with van der Waals surface area (Å²) in [4.78, 5) is 3.60. The summed E-state index contributed by atoms with van der Waals surface area (Å²) in [5, 5.41) is 12.7. The van der Waals surface area contributed by atoms with Crippen LogP contribution < -0.4 is 0 Å². The second-order valence-electron chi connectivity index (χ2n) is 4.56. The normalized spacial score (nSPS) is 10.6. The van der Waals surface area contributed by atoms with Crippen molar-refractivity contribution >= 4 is 39.5 Å². The van der Waals surface area contributed by atoms with E-state index in [0.717, 1.165) is 24.1 Å². The lowest BCUT2D eigenvalue weighted by atomic mass is 10.3. The Morgan fingerprint density at radius 3 is 1.50 bits per heavy atom. The smallest absolute Gasteiger partial charge is 0.206 e. The molecule has 4 heteroatoms. The summed E-state index contributed by atoms with van der Waals surface area (Å²) in [6.45, 7) is 0. The molecule has 0 aliphatic heterocycles. The molecule has 3 aromatic carbocycles. The van der Waals surface area contributed by atoms with Crippen molar-refractivity contribution in [2.75, 3.05) is 0 Å². The van der Waals surface area contributed by atoms with Crippen LogP contribution in [-0.2, 0) is 5.11 Å². The molecule has 3 aromatic rings. The molecular formula is C18H12BrOS2. The molecule has 0 N–H and O–H groups in total. The zero-order chi connectivity index (χ0) is 15.4. The Labute approximate surface area is 146 Å². The monoisotopic (exact) mass is 387 g/mol. The van der Waals surface area contributed by atoms with Crippen LogP contribution in [0.5, 0.6) is 5.75 Å². The number of halogens is 1. The SMILES string of the molecule is [O]c1c(Sc2ccccc2)cc(Br)cc1Sc1ccccc1. The van der Waals surface area contributed by atoms with Crippen LogP contribution in [-0.4, -0.2) is 0 Å². The molecule has 0 aromatic heterocycles. The van der Waals surface area contributed by atoms with Crippen molar-refractivity contribution in [3.8, 4) is 5.75 Å². The van der Waals surface area contributed by atoms with E-state index in [1.807, 2.05) is 72.8 Å². The molecule has 1 radical (unpaired) electrons. The Balaban J connectivity index is 1.92. The van der Waals surface area contributed by atoms with Crippen LogP contribution in [0.15, 0.2) is 96.9 Å². The molecule has 109 valence electrons. The molecule has 22 heavy (non-hydrogen) atoms. The van der Waals surface area contributed by atoms with Crippen LogP contribution in [0.1, 0.15) is 0 Å². The number of hydrogen-bond donors (Lipinski definition) is 0. The molecule has 3 rings (SSSR count). The largest absolute Gasteiger partial charge is 0.287 e. The van der Waals surface area contributed by atoms with E-state index in [9.17, 15) is 5.11 Å². The minimum atomic E-state index is 0.0749. The second kappa shape index (κ2) is 7.27. The highest BCUT2D eigenvalue weighted by atomic mass is 79.9. The van der Waals surface area contributed by atoms with Gasteiger partial charge in [0.05, 0.1) is 9.79 Å². The summed E-state index contributed by atoms with van der Waals surface area (Å²) < 4.78 is 0.920. The lowest BCUT2D eigenvalue weighted by Gasteiger charge is -2.08. The van der Waals surface area contributed by atoms with Crippen LogP contribution in [0.2, 0.25) is 0 Å². The molecule has 0 saturated carbocycles. The van der Waals surface area contributed by atoms with Crippen molar-refractivity contribution in [3.05, 3.63) is 77.3 Å². The lowest BCUT2D eigenvalue weighted by Crippen LogP contribution is -1.81. The molecule has 0 bridgehead atoms. The van der Waals surface area contributed by atoms with E-state index in [0.29, 0.717) is 0 Å². The van der Waals surface area contributed by atoms with Gasteiger partial charge in [0.15, 0.2) is 0 Å². The van der Waals surface area contributed by atoms with Gasteiger partial charge in [-0.05, 0) is 36.4 Å². The van der Waals surface area contributed by atoms with Crippen LogP contribution in [0, 0.1) is 0 Å². The maximum absolute atomic E-state index is 12.7. The Kier molecular flexibility index (Phi) is 5.13. The van der Waals surface area contributed by atoms with Crippen LogP contribution in [0.25, 0.3) is 0 Å². The van der Waals surface area contributed by atoms with E-state index in [2.05, 4.69) is 15.9 Å². The first-order valence-corrected chi connectivity index (χ1v) is 9.11. The maximum atomic E-state index is 12.7. The highest BCUT2D eigenvalue weighted by Gasteiger charge is 2.14. The first kappa shape index (κ1) is 15.5. The van der Waals surface area contributed by atoms with Gasteiger partial charge in [-0.15, -0.1) is 0 Å². The molecule has 0 aliphatic carbocycles. The van der Waals surface area contributed by atoms with E-state index < -0.39 is 0 Å². The number of hydrogen-bond acceptors (Lipinski definition) is 2. The van der Waals surface area contributed by atoms with Crippen LogP contribution in [0.4, 0.5) is 0 Å². The topological polar surface area (TPSA) is 19.9 Å². The Bertz CT molecular complexity index is 698. The summed E-state index contributed by atoms with van der Waals surface area (Å²) in [6, 6.07) is 23.7. The zero-order valence-electron chi connectivity index (χ0n) is 11.5. The second-order valence-corrected chi connectivity index (χ2v) is 7.71. The fourth-order valence-electron chi connectivity index (χ4n) is 1.93. The molecule has 0 spiro atoms. The molecule has 0 heterocycles. The fraction of sp³-hybridized carbons (Fsp3) is 0. The molecule has 0 aliphatic rings. The molecule has 1 nitrogen and oxygen atoms in total. The van der Waals surface area contributed by atoms with Gasteiger partial charge in [-0.3, -0.25) is 5.11 Å². The van der Waals surface area contributed by atoms with Crippen molar-refractivity contribution in [1.29, 1.82) is 0 Å². The van der Waals surface area contributed by atoms with Gasteiger partial charge >= 0.3 is 0 Å². The highest BCUT2D eigenvalue weighted by molar-refractivity contribution is 9.10. The van der Waals surface area contributed by atoms with E-state index in [1.165, 1.54) is 23.5 Å². The third-order valence-electron chi connectivity index (χ3n) is 2.93. The highest BCUT2D eigenvalue weighted by Crippen LogP contribution is 2.44. The van der Waals surface area contributed by atoms with Gasteiger partial charge < -0.3 is 0 Å². The lowest BCUT2D eigenvalue weighted by molar-refractivity contribution is 0.333. The van der Waals surface area contributed by atoms with E-state index >= 15 is 0 Å². The molecule has 0 saturated heterocycles. The fourth-order valence-corrected chi connectivity index (χ4v) is 4.62. The Hall–Kier alpha value is -1.36. The van der Waals surface area contributed by atoms with Gasteiger partial charge in [0, 0.05) is 14.3 Å². The summed E-state index contributed by atoms with van der Waals surface area (Å²) >= 11 is 6.50. The van der Waals surface area contributed by atoms with Crippen molar-refractivity contribution in [2.45, 2.75) is 19.6 Å². The van der Waals surface area contributed by atoms with Gasteiger partial charge in [-0.1, -0.05) is 75.9 Å². The quantitative estimate of drug-likeness (QED) is 0.485. The Morgan fingerprint density at radius 1 is 0.682 bits per heavy atom. The summed E-state index contributed by atoms with van der Waals surface area (Å²) in [5.74, 6) is 0.0749. The first-order chi connectivity index (χ1) is 10.7. The van der Waals surface area contributed by atoms with Crippen molar-refractivity contribution in [3.63, 3.8) is 0 Å². The molecular weight excluding hydrogens is 376 g/mol. The summed E-state index contributed by atoms with van der Waals surface area (Å²) in [6.07, 6.45) is 0. The minimum absolute atomic E-state index is 0.0749. The van der Waals surface area contributed by atoms with Crippen LogP contribution in [0.3, 0.4) is 0 Å². The maximum Gasteiger partial charge on any atom is 0.206 e. The van der Waals surface area contributed by atoms with Gasteiger partial charge in [0.1, 0.15) is 0 Å². The average molecular weight is 388 g/mol. The zero-order valence-corrected chi connectivity index (χ0v) is 14.7. The Morgan fingerprint density at radius 2 is 1.09 bits per heavy atom. The molecule has 0 atom stereocenters. The van der Waals surface area contributed by atoms with E-state index in [4.69, 9.17) is 0 Å². The number of rotatable bonds is 4. The van der Waals surface area contributed by atoms with Crippen LogP contribution >= 0.6 is 39.5 Å². The summed E-state index contributed by atoms with van der Waals surface area (Å²) in [7, 11) is 0. The van der Waals surface area contributed by atoms with Gasteiger partial charge in [-0.2, -0.15) is 0 Å². The van der Waals surface area contributed by atoms with E-state index in [-0.39, 0.29) is 5.75 Å². The molecule has 0 fully saturated rings. The third kappa shape index (κ3) is 3.88. The minimum Gasteiger partial charge on any atom is -0.287 e. The molecule has 0 amide bonds. The van der Waals surface area contributed by atoms with Gasteiger partial charge in [0.25, 0.3) is 0 Å². The van der Waals surface area contributed by atoms with Gasteiger partial charge in [0.2, 0.25) is 5.75 Å². The summed E-state index contributed by atoms with van der Waals surface area (Å²) in [5.41, 5.74) is 0. The van der Waals surface area contributed by atoms with Crippen molar-refractivity contribution in [2.24, 2.45) is 0 Å². The third-order valence-corrected chi connectivity index (χ3v) is 5.45.